The van der Waals surface area contributed by atoms with E-state index in [-0.39, 0.29) is 0 Å². The number of nitrogens with zero attached hydrogens (tertiary/aromatic N) is 2. The summed E-state index contributed by atoms with van der Waals surface area (Å²) in [4.78, 5) is 10.5. The molecule has 7 aromatic carbocycles. The zero-order valence-corrected chi connectivity index (χ0v) is 26.9. The Labute approximate surface area is 280 Å². The van der Waals surface area contributed by atoms with Crippen LogP contribution in [0.15, 0.2) is 158 Å². The van der Waals surface area contributed by atoms with Gasteiger partial charge in [0.15, 0.2) is 0 Å². The molecule has 0 aliphatic carbocycles. The summed E-state index contributed by atoms with van der Waals surface area (Å²) in [5.74, 6) is 0. The predicted molar refractivity (Wildman–Crippen MR) is 203 cm³/mol. The Bertz CT molecular complexity index is 2500. The standard InChI is InChI=1S/C46H32N2/c1-29-7-3-5-9-39(29)37-21-13-31-11-19-35-23-25-43(47-45(35)41(31)27-37)33-15-17-34(18-16-33)44-26-24-36-20-12-32-14-22-38(28-42(32)46(36)48-44)40-10-6-4-8-30(40)2/h3-28H,1-2H3. The van der Waals surface area contributed by atoms with E-state index < -0.39 is 0 Å². The summed E-state index contributed by atoms with van der Waals surface area (Å²) in [5.41, 5.74) is 13.6. The minimum atomic E-state index is 0.962. The van der Waals surface area contributed by atoms with Crippen molar-refractivity contribution < 1.29 is 0 Å². The van der Waals surface area contributed by atoms with E-state index in [0.717, 1.165) is 44.3 Å². The Hall–Kier alpha value is -6.12. The number of pyridine rings is 2. The van der Waals surface area contributed by atoms with Gasteiger partial charge < -0.3 is 0 Å². The first-order valence-electron chi connectivity index (χ1n) is 16.5. The van der Waals surface area contributed by atoms with Crippen LogP contribution in [0.2, 0.25) is 0 Å². The number of fused-ring (bicyclic) bond motifs is 6. The van der Waals surface area contributed by atoms with Gasteiger partial charge in [-0.15, -0.1) is 0 Å². The van der Waals surface area contributed by atoms with Crippen LogP contribution in [-0.2, 0) is 0 Å². The number of aromatic nitrogens is 2. The topological polar surface area (TPSA) is 25.8 Å². The molecule has 0 spiro atoms. The van der Waals surface area contributed by atoms with E-state index in [4.69, 9.17) is 9.97 Å². The number of rotatable bonds is 4. The van der Waals surface area contributed by atoms with Gasteiger partial charge in [-0.25, -0.2) is 9.97 Å². The Kier molecular flexibility index (Phi) is 6.62. The van der Waals surface area contributed by atoms with Crippen molar-refractivity contribution in [3.05, 3.63) is 169 Å². The van der Waals surface area contributed by atoms with Gasteiger partial charge in [-0.1, -0.05) is 133 Å². The third kappa shape index (κ3) is 4.82. The van der Waals surface area contributed by atoms with Crippen LogP contribution in [0.3, 0.4) is 0 Å². The minimum absolute atomic E-state index is 0.962. The van der Waals surface area contributed by atoms with Crippen LogP contribution >= 0.6 is 0 Å². The molecule has 0 N–H and O–H groups in total. The summed E-state index contributed by atoms with van der Waals surface area (Å²) >= 11 is 0. The highest BCUT2D eigenvalue weighted by molar-refractivity contribution is 6.08. The van der Waals surface area contributed by atoms with Gasteiger partial charge >= 0.3 is 0 Å². The Morgan fingerprint density at radius 3 is 1.12 bits per heavy atom. The van der Waals surface area contributed by atoms with Gasteiger partial charge in [-0.3, -0.25) is 0 Å². The molecule has 0 fully saturated rings. The van der Waals surface area contributed by atoms with E-state index in [1.807, 2.05) is 0 Å². The van der Waals surface area contributed by atoms with Crippen LogP contribution < -0.4 is 0 Å². The molecule has 0 amide bonds. The molecule has 0 unspecified atom stereocenters. The van der Waals surface area contributed by atoms with E-state index in [1.165, 1.54) is 54.9 Å². The van der Waals surface area contributed by atoms with Crippen molar-refractivity contribution in [1.29, 1.82) is 0 Å². The largest absolute Gasteiger partial charge is 0.247 e. The lowest BCUT2D eigenvalue weighted by Crippen LogP contribution is -1.90. The van der Waals surface area contributed by atoms with E-state index in [1.54, 1.807) is 0 Å². The average Bonchev–Trinajstić information content (AvgIpc) is 3.14. The molecule has 0 atom stereocenters. The lowest BCUT2D eigenvalue weighted by atomic mass is 9.96. The molecule has 0 aliphatic rings. The van der Waals surface area contributed by atoms with Crippen molar-refractivity contribution in [1.82, 2.24) is 9.97 Å². The first kappa shape index (κ1) is 28.1. The highest BCUT2D eigenvalue weighted by Gasteiger charge is 2.11. The second-order valence-electron chi connectivity index (χ2n) is 12.7. The smallest absolute Gasteiger partial charge is 0.0788 e. The Balaban J connectivity index is 1.10. The normalized spacial score (nSPS) is 11.5. The molecular weight excluding hydrogens is 581 g/mol. The van der Waals surface area contributed by atoms with Gasteiger partial charge in [0.2, 0.25) is 0 Å². The molecule has 0 bridgehead atoms. The van der Waals surface area contributed by atoms with Crippen LogP contribution in [0.4, 0.5) is 0 Å². The fourth-order valence-electron chi connectivity index (χ4n) is 7.07. The quantitative estimate of drug-likeness (QED) is 0.185. The second kappa shape index (κ2) is 11.3. The third-order valence-electron chi connectivity index (χ3n) is 9.74. The van der Waals surface area contributed by atoms with Gasteiger partial charge in [0.05, 0.1) is 22.4 Å². The number of aryl methyl sites for hydroxylation is 2. The lowest BCUT2D eigenvalue weighted by molar-refractivity contribution is 1.39. The summed E-state index contributed by atoms with van der Waals surface area (Å²) in [6.45, 7) is 4.33. The zero-order chi connectivity index (χ0) is 32.2. The SMILES string of the molecule is Cc1ccccc1-c1ccc2ccc3ccc(-c4ccc(-c5ccc6ccc7ccc(-c8ccccc8C)cc7c6n5)cc4)nc3c2c1. The average molecular weight is 613 g/mol. The summed E-state index contributed by atoms with van der Waals surface area (Å²) in [5, 5.41) is 7.02. The minimum Gasteiger partial charge on any atom is -0.247 e. The monoisotopic (exact) mass is 612 g/mol. The van der Waals surface area contributed by atoms with Crippen molar-refractivity contribution >= 4 is 43.4 Å². The fraction of sp³-hybridized carbons (Fsp3) is 0.0435. The number of hydrogen-bond donors (Lipinski definition) is 0. The maximum atomic E-state index is 5.23. The summed E-state index contributed by atoms with van der Waals surface area (Å²) in [6, 6.07) is 56.6. The molecule has 0 saturated heterocycles. The molecule has 2 nitrogen and oxygen atoms in total. The second-order valence-corrected chi connectivity index (χ2v) is 12.7. The maximum absolute atomic E-state index is 5.23. The van der Waals surface area contributed by atoms with Crippen LogP contribution in [-0.4, -0.2) is 9.97 Å². The molecule has 2 aromatic heterocycles. The van der Waals surface area contributed by atoms with Crippen molar-refractivity contribution in [2.24, 2.45) is 0 Å². The molecule has 9 rings (SSSR count). The highest BCUT2D eigenvalue weighted by Crippen LogP contribution is 2.34. The molecule has 0 saturated carbocycles. The highest BCUT2D eigenvalue weighted by atomic mass is 14.7. The number of benzene rings is 7. The van der Waals surface area contributed by atoms with Crippen molar-refractivity contribution in [3.63, 3.8) is 0 Å². The molecular formula is C46H32N2. The van der Waals surface area contributed by atoms with Crippen molar-refractivity contribution in [3.8, 4) is 44.8 Å². The zero-order valence-electron chi connectivity index (χ0n) is 26.9. The van der Waals surface area contributed by atoms with E-state index >= 15 is 0 Å². The van der Waals surface area contributed by atoms with Gasteiger partial charge in [-0.05, 0) is 82.3 Å². The van der Waals surface area contributed by atoms with Gasteiger partial charge in [0, 0.05) is 32.7 Å². The van der Waals surface area contributed by atoms with Crippen LogP contribution in [0.1, 0.15) is 11.1 Å². The number of hydrogen-bond acceptors (Lipinski definition) is 2. The van der Waals surface area contributed by atoms with Gasteiger partial charge in [0.1, 0.15) is 0 Å². The summed E-state index contributed by atoms with van der Waals surface area (Å²) in [6.07, 6.45) is 0. The van der Waals surface area contributed by atoms with Crippen LogP contribution in [0.5, 0.6) is 0 Å². The van der Waals surface area contributed by atoms with Crippen molar-refractivity contribution in [2.45, 2.75) is 13.8 Å². The summed E-state index contributed by atoms with van der Waals surface area (Å²) in [7, 11) is 0. The molecule has 226 valence electrons. The Morgan fingerprint density at radius 2 is 0.688 bits per heavy atom. The first-order valence-corrected chi connectivity index (χ1v) is 16.5. The fourth-order valence-corrected chi connectivity index (χ4v) is 7.07. The predicted octanol–water partition coefficient (Wildman–Crippen LogP) is 12.4. The summed E-state index contributed by atoms with van der Waals surface area (Å²) < 4.78 is 0. The van der Waals surface area contributed by atoms with Gasteiger partial charge in [0.25, 0.3) is 0 Å². The molecule has 0 radical (unpaired) electrons. The maximum Gasteiger partial charge on any atom is 0.0788 e. The third-order valence-corrected chi connectivity index (χ3v) is 9.74. The van der Waals surface area contributed by atoms with Crippen LogP contribution in [0, 0.1) is 13.8 Å². The Morgan fingerprint density at radius 1 is 0.333 bits per heavy atom. The molecule has 0 aliphatic heterocycles. The van der Waals surface area contributed by atoms with E-state index in [2.05, 4.69) is 172 Å². The van der Waals surface area contributed by atoms with E-state index in [0.29, 0.717) is 0 Å². The molecule has 48 heavy (non-hydrogen) atoms. The first-order chi connectivity index (χ1) is 23.6. The van der Waals surface area contributed by atoms with Gasteiger partial charge in [-0.2, -0.15) is 0 Å². The molecule has 2 heteroatoms. The molecule has 2 heterocycles. The van der Waals surface area contributed by atoms with Crippen LogP contribution in [0.25, 0.3) is 88.1 Å². The lowest BCUT2D eigenvalue weighted by Gasteiger charge is -2.11. The van der Waals surface area contributed by atoms with Crippen molar-refractivity contribution in [2.75, 3.05) is 0 Å². The molecule has 9 aromatic rings. The van der Waals surface area contributed by atoms with E-state index in [9.17, 15) is 0 Å².